The minimum absolute atomic E-state index is 0.234. The zero-order valence-electron chi connectivity index (χ0n) is 15.5. The van der Waals surface area contributed by atoms with Gasteiger partial charge in [0.05, 0.1) is 18.4 Å². The minimum Gasteiger partial charge on any atom is -0.465 e. The number of aromatic nitrogens is 1. The SMILES string of the molecule is COC(=O)c1cccc(-c2csc(NC(=O)CNC(=O)OC(C)(C)C)n2)c1. The first kappa shape index (κ1) is 20.4. The number of rotatable bonds is 5. The number of hydrogen-bond donors (Lipinski definition) is 2. The molecule has 1 aromatic carbocycles. The van der Waals surface area contributed by atoms with Crippen LogP contribution in [0.2, 0.25) is 0 Å². The molecule has 0 aliphatic rings. The molecule has 0 unspecified atom stereocenters. The summed E-state index contributed by atoms with van der Waals surface area (Å²) in [6.07, 6.45) is -0.669. The van der Waals surface area contributed by atoms with Crippen molar-refractivity contribution in [2.24, 2.45) is 0 Å². The highest BCUT2D eigenvalue weighted by atomic mass is 32.1. The van der Waals surface area contributed by atoms with Crippen molar-refractivity contribution in [1.82, 2.24) is 10.3 Å². The van der Waals surface area contributed by atoms with Crippen LogP contribution in [-0.4, -0.2) is 42.2 Å². The average molecular weight is 391 g/mol. The zero-order chi connectivity index (χ0) is 20.0. The summed E-state index contributed by atoms with van der Waals surface area (Å²) in [5.74, 6) is -0.862. The quantitative estimate of drug-likeness (QED) is 0.759. The normalized spacial score (nSPS) is 10.8. The lowest BCUT2D eigenvalue weighted by atomic mass is 10.1. The van der Waals surface area contributed by atoms with Crippen LogP contribution in [0.15, 0.2) is 29.6 Å². The van der Waals surface area contributed by atoms with E-state index in [0.717, 1.165) is 5.56 Å². The monoisotopic (exact) mass is 391 g/mol. The Balaban J connectivity index is 1.95. The molecular weight excluding hydrogens is 370 g/mol. The molecule has 8 nitrogen and oxygen atoms in total. The molecule has 0 aliphatic heterocycles. The molecule has 1 heterocycles. The first-order chi connectivity index (χ1) is 12.7. The van der Waals surface area contributed by atoms with Crippen LogP contribution in [0.5, 0.6) is 0 Å². The van der Waals surface area contributed by atoms with E-state index in [1.54, 1.807) is 50.4 Å². The summed E-state index contributed by atoms with van der Waals surface area (Å²) in [4.78, 5) is 39.4. The van der Waals surface area contributed by atoms with E-state index in [1.165, 1.54) is 18.4 Å². The highest BCUT2D eigenvalue weighted by Crippen LogP contribution is 2.25. The van der Waals surface area contributed by atoms with Crippen LogP contribution in [0.25, 0.3) is 11.3 Å². The van der Waals surface area contributed by atoms with Gasteiger partial charge in [-0.25, -0.2) is 14.6 Å². The molecule has 0 saturated heterocycles. The van der Waals surface area contributed by atoms with Gasteiger partial charge < -0.3 is 20.1 Å². The fraction of sp³-hybridized carbons (Fsp3) is 0.333. The lowest BCUT2D eigenvalue weighted by molar-refractivity contribution is -0.115. The average Bonchev–Trinajstić information content (AvgIpc) is 3.06. The van der Waals surface area contributed by atoms with Crippen molar-refractivity contribution in [3.05, 3.63) is 35.2 Å². The number of methoxy groups -OCH3 is 1. The topological polar surface area (TPSA) is 107 Å². The molecular formula is C18H21N3O5S. The maximum atomic E-state index is 11.9. The number of nitrogens with zero attached hydrogens (tertiary/aromatic N) is 1. The smallest absolute Gasteiger partial charge is 0.408 e. The van der Waals surface area contributed by atoms with Gasteiger partial charge in [-0.3, -0.25) is 4.79 Å². The number of carbonyl (C=O) groups is 3. The van der Waals surface area contributed by atoms with Crippen LogP contribution in [0.4, 0.5) is 9.93 Å². The molecule has 2 amide bonds. The van der Waals surface area contributed by atoms with Crippen molar-refractivity contribution in [2.45, 2.75) is 26.4 Å². The summed E-state index contributed by atoms with van der Waals surface area (Å²) in [5.41, 5.74) is 1.11. The van der Waals surface area contributed by atoms with E-state index in [9.17, 15) is 14.4 Å². The Bertz CT molecular complexity index is 842. The van der Waals surface area contributed by atoms with Crippen molar-refractivity contribution in [1.29, 1.82) is 0 Å². The number of nitrogens with one attached hydrogen (secondary N) is 2. The molecule has 0 bridgehead atoms. The second-order valence-electron chi connectivity index (χ2n) is 6.51. The maximum absolute atomic E-state index is 11.9. The first-order valence-corrected chi connectivity index (χ1v) is 8.97. The lowest BCUT2D eigenvalue weighted by Crippen LogP contribution is -2.37. The van der Waals surface area contributed by atoms with Gasteiger partial charge in [0.1, 0.15) is 12.1 Å². The Kier molecular flexibility index (Phi) is 6.51. The van der Waals surface area contributed by atoms with E-state index in [4.69, 9.17) is 9.47 Å². The van der Waals surface area contributed by atoms with E-state index >= 15 is 0 Å². The number of benzene rings is 1. The van der Waals surface area contributed by atoms with E-state index in [0.29, 0.717) is 16.4 Å². The van der Waals surface area contributed by atoms with Crippen LogP contribution in [0.1, 0.15) is 31.1 Å². The van der Waals surface area contributed by atoms with Crippen LogP contribution in [0, 0.1) is 0 Å². The molecule has 0 fully saturated rings. The van der Waals surface area contributed by atoms with E-state index < -0.39 is 23.6 Å². The molecule has 1 aromatic heterocycles. The van der Waals surface area contributed by atoms with Gasteiger partial charge in [0, 0.05) is 10.9 Å². The lowest BCUT2D eigenvalue weighted by Gasteiger charge is -2.19. The standard InChI is InChI=1S/C18H21N3O5S/c1-18(2,3)26-17(24)19-9-14(22)21-16-20-13(10-27-16)11-6-5-7-12(8-11)15(23)25-4/h5-8,10H,9H2,1-4H3,(H,19,24)(H,20,21,22). The summed E-state index contributed by atoms with van der Waals surface area (Å²) < 4.78 is 9.76. The van der Waals surface area contributed by atoms with Crippen LogP contribution in [-0.2, 0) is 14.3 Å². The predicted octanol–water partition coefficient (Wildman–Crippen LogP) is 3.06. The van der Waals surface area contributed by atoms with Gasteiger partial charge in [0.25, 0.3) is 0 Å². The molecule has 0 spiro atoms. The number of ether oxygens (including phenoxy) is 2. The number of hydrogen-bond acceptors (Lipinski definition) is 7. The summed E-state index contributed by atoms with van der Waals surface area (Å²) >= 11 is 1.23. The number of anilines is 1. The van der Waals surface area contributed by atoms with Crippen molar-refractivity contribution in [2.75, 3.05) is 19.0 Å². The van der Waals surface area contributed by atoms with Gasteiger partial charge in [-0.05, 0) is 32.9 Å². The molecule has 2 rings (SSSR count). The highest BCUT2D eigenvalue weighted by Gasteiger charge is 2.17. The number of amides is 2. The van der Waals surface area contributed by atoms with Crippen molar-refractivity contribution < 1.29 is 23.9 Å². The second-order valence-corrected chi connectivity index (χ2v) is 7.37. The number of esters is 1. The fourth-order valence-electron chi connectivity index (χ4n) is 2.02. The molecule has 0 saturated carbocycles. The molecule has 144 valence electrons. The molecule has 0 aliphatic carbocycles. The van der Waals surface area contributed by atoms with Crippen LogP contribution >= 0.6 is 11.3 Å². The first-order valence-electron chi connectivity index (χ1n) is 8.09. The Morgan fingerprint density at radius 3 is 2.63 bits per heavy atom. The fourth-order valence-corrected chi connectivity index (χ4v) is 2.75. The Labute approximate surface area is 160 Å². The molecule has 27 heavy (non-hydrogen) atoms. The number of alkyl carbamates (subject to hydrolysis) is 1. The van der Waals surface area contributed by atoms with Gasteiger partial charge in [-0.15, -0.1) is 11.3 Å². The predicted molar refractivity (Wildman–Crippen MR) is 102 cm³/mol. The molecule has 9 heteroatoms. The van der Waals surface area contributed by atoms with Gasteiger partial charge in [-0.1, -0.05) is 12.1 Å². The molecule has 2 aromatic rings. The van der Waals surface area contributed by atoms with Gasteiger partial charge in [0.15, 0.2) is 5.13 Å². The van der Waals surface area contributed by atoms with Crippen molar-refractivity contribution >= 4 is 34.4 Å². The van der Waals surface area contributed by atoms with E-state index in [1.807, 2.05) is 0 Å². The van der Waals surface area contributed by atoms with E-state index in [-0.39, 0.29) is 6.54 Å². The van der Waals surface area contributed by atoms with Crippen LogP contribution in [0.3, 0.4) is 0 Å². The number of thiazole rings is 1. The summed E-state index contributed by atoms with van der Waals surface area (Å²) in [5, 5.41) is 7.12. The molecule has 0 atom stereocenters. The second kappa shape index (κ2) is 8.63. The van der Waals surface area contributed by atoms with Gasteiger partial charge in [0.2, 0.25) is 5.91 Å². The maximum Gasteiger partial charge on any atom is 0.408 e. The Hall–Kier alpha value is -2.94. The van der Waals surface area contributed by atoms with Crippen molar-refractivity contribution in [3.63, 3.8) is 0 Å². The third-order valence-corrected chi connectivity index (χ3v) is 3.88. The summed E-state index contributed by atoms with van der Waals surface area (Å²) in [6, 6.07) is 6.84. The van der Waals surface area contributed by atoms with Gasteiger partial charge in [-0.2, -0.15) is 0 Å². The largest absolute Gasteiger partial charge is 0.465 e. The summed E-state index contributed by atoms with van der Waals surface area (Å²) in [7, 11) is 1.32. The summed E-state index contributed by atoms with van der Waals surface area (Å²) in [6.45, 7) is 4.97. The number of carbonyl (C=O) groups excluding carboxylic acids is 3. The Morgan fingerprint density at radius 1 is 1.22 bits per heavy atom. The molecule has 0 radical (unpaired) electrons. The minimum atomic E-state index is -0.669. The third kappa shape index (κ3) is 6.37. The van der Waals surface area contributed by atoms with E-state index in [2.05, 4.69) is 15.6 Å². The zero-order valence-corrected chi connectivity index (χ0v) is 16.3. The Morgan fingerprint density at radius 2 is 1.96 bits per heavy atom. The van der Waals surface area contributed by atoms with Gasteiger partial charge >= 0.3 is 12.1 Å². The van der Waals surface area contributed by atoms with Crippen LogP contribution < -0.4 is 10.6 Å². The highest BCUT2D eigenvalue weighted by molar-refractivity contribution is 7.14. The molecule has 2 N–H and O–H groups in total. The third-order valence-electron chi connectivity index (χ3n) is 3.12. The van der Waals surface area contributed by atoms with Crippen molar-refractivity contribution in [3.8, 4) is 11.3 Å².